The van der Waals surface area contributed by atoms with E-state index in [4.69, 9.17) is 9.47 Å². The van der Waals surface area contributed by atoms with E-state index in [-0.39, 0.29) is 0 Å². The second-order valence-electron chi connectivity index (χ2n) is 6.73. The van der Waals surface area contributed by atoms with E-state index in [1.165, 1.54) is 29.3 Å². The number of ether oxygens (including phenoxy) is 2. The standard InChI is InChI=1S/C16H17BrO2/c17-10-3-4-14-12(5-10)11-6-13(11)16(7-18-8-16)15(19-14)9-1-2-9/h3-5,9,11,13,15H,1-2,6-8H2. The quantitative estimate of drug-likeness (QED) is 0.784. The molecular formula is C16H17BrO2. The van der Waals surface area contributed by atoms with Crippen LogP contribution in [0.1, 0.15) is 30.7 Å². The highest BCUT2D eigenvalue weighted by Crippen LogP contribution is 2.67. The summed E-state index contributed by atoms with van der Waals surface area (Å²) >= 11 is 3.60. The van der Waals surface area contributed by atoms with E-state index >= 15 is 0 Å². The maximum Gasteiger partial charge on any atom is 0.123 e. The molecule has 2 saturated carbocycles. The Labute approximate surface area is 121 Å². The van der Waals surface area contributed by atoms with Gasteiger partial charge in [0.1, 0.15) is 11.9 Å². The molecule has 1 spiro atoms. The Morgan fingerprint density at radius 1 is 1.21 bits per heavy atom. The zero-order chi connectivity index (χ0) is 12.6. The molecular weight excluding hydrogens is 304 g/mol. The van der Waals surface area contributed by atoms with Crippen LogP contribution in [-0.4, -0.2) is 19.3 Å². The van der Waals surface area contributed by atoms with Gasteiger partial charge in [0.25, 0.3) is 0 Å². The van der Waals surface area contributed by atoms with Crippen molar-refractivity contribution in [1.82, 2.24) is 0 Å². The summed E-state index contributed by atoms with van der Waals surface area (Å²) in [4.78, 5) is 0. The lowest BCUT2D eigenvalue weighted by Gasteiger charge is -2.47. The molecule has 3 atom stereocenters. The van der Waals surface area contributed by atoms with Gasteiger partial charge in [-0.2, -0.15) is 0 Å². The molecule has 19 heavy (non-hydrogen) atoms. The number of benzene rings is 1. The summed E-state index contributed by atoms with van der Waals surface area (Å²) in [5, 5.41) is 0. The molecule has 3 heteroatoms. The lowest BCUT2D eigenvalue weighted by Crippen LogP contribution is -2.56. The second kappa shape index (κ2) is 3.56. The van der Waals surface area contributed by atoms with Crippen LogP contribution in [0.3, 0.4) is 0 Å². The summed E-state index contributed by atoms with van der Waals surface area (Å²) in [6.07, 6.45) is 4.42. The van der Waals surface area contributed by atoms with Gasteiger partial charge < -0.3 is 9.47 Å². The molecule has 0 radical (unpaired) electrons. The molecule has 3 fully saturated rings. The third-order valence-corrected chi connectivity index (χ3v) is 6.01. The van der Waals surface area contributed by atoms with Crippen molar-refractivity contribution in [3.05, 3.63) is 28.2 Å². The molecule has 0 N–H and O–H groups in total. The molecule has 2 aliphatic carbocycles. The molecule has 2 heterocycles. The van der Waals surface area contributed by atoms with Crippen molar-refractivity contribution in [2.75, 3.05) is 13.2 Å². The fourth-order valence-corrected chi connectivity index (χ4v) is 4.62. The first-order chi connectivity index (χ1) is 9.28. The van der Waals surface area contributed by atoms with Crippen LogP contribution in [0.25, 0.3) is 0 Å². The molecule has 0 bridgehead atoms. The Bertz CT molecular complexity index is 548. The highest BCUT2D eigenvalue weighted by molar-refractivity contribution is 9.10. The number of rotatable bonds is 1. The monoisotopic (exact) mass is 320 g/mol. The minimum atomic E-state index is 0.331. The van der Waals surface area contributed by atoms with Crippen molar-refractivity contribution in [2.24, 2.45) is 17.3 Å². The Kier molecular flexibility index (Phi) is 2.09. The van der Waals surface area contributed by atoms with Gasteiger partial charge in [-0.05, 0) is 60.8 Å². The Morgan fingerprint density at radius 3 is 2.74 bits per heavy atom. The van der Waals surface area contributed by atoms with Gasteiger partial charge in [0.05, 0.1) is 18.6 Å². The molecule has 3 unspecified atom stereocenters. The normalized spacial score (nSPS) is 37.6. The topological polar surface area (TPSA) is 18.5 Å². The molecule has 2 nitrogen and oxygen atoms in total. The number of halogens is 1. The van der Waals surface area contributed by atoms with E-state index < -0.39 is 0 Å². The van der Waals surface area contributed by atoms with Gasteiger partial charge in [0, 0.05) is 4.47 Å². The first-order valence-corrected chi connectivity index (χ1v) is 8.11. The van der Waals surface area contributed by atoms with E-state index in [2.05, 4.69) is 34.1 Å². The predicted molar refractivity (Wildman–Crippen MR) is 75.4 cm³/mol. The maximum absolute atomic E-state index is 6.49. The third kappa shape index (κ3) is 1.46. The van der Waals surface area contributed by atoms with Crippen molar-refractivity contribution < 1.29 is 9.47 Å². The van der Waals surface area contributed by atoms with Gasteiger partial charge in [-0.1, -0.05) is 15.9 Å². The average Bonchev–Trinajstić information content (AvgIpc) is 3.21. The first-order valence-electron chi connectivity index (χ1n) is 7.32. The summed E-state index contributed by atoms with van der Waals surface area (Å²) in [5.74, 6) is 3.42. The molecule has 1 aromatic carbocycles. The SMILES string of the molecule is Brc1ccc2c(c1)C1CC1C1(COC1)C(C1CC1)O2. The predicted octanol–water partition coefficient (Wildman–Crippen LogP) is 3.74. The summed E-state index contributed by atoms with van der Waals surface area (Å²) in [7, 11) is 0. The van der Waals surface area contributed by atoms with Gasteiger partial charge in [0.2, 0.25) is 0 Å². The third-order valence-electron chi connectivity index (χ3n) is 5.51. The molecule has 2 aliphatic heterocycles. The van der Waals surface area contributed by atoms with E-state index in [9.17, 15) is 0 Å². The molecule has 0 amide bonds. The van der Waals surface area contributed by atoms with E-state index in [0.29, 0.717) is 17.4 Å². The first kappa shape index (κ1) is 11.2. The number of hydrogen-bond donors (Lipinski definition) is 0. The van der Waals surface area contributed by atoms with Gasteiger partial charge in [0.15, 0.2) is 0 Å². The zero-order valence-corrected chi connectivity index (χ0v) is 12.4. The molecule has 100 valence electrons. The molecule has 5 rings (SSSR count). The van der Waals surface area contributed by atoms with Crippen molar-refractivity contribution in [1.29, 1.82) is 0 Å². The van der Waals surface area contributed by atoms with Crippen LogP contribution < -0.4 is 4.74 Å². The fourth-order valence-electron chi connectivity index (χ4n) is 4.24. The van der Waals surface area contributed by atoms with Crippen molar-refractivity contribution in [3.63, 3.8) is 0 Å². The second-order valence-corrected chi connectivity index (χ2v) is 7.65. The van der Waals surface area contributed by atoms with Gasteiger partial charge >= 0.3 is 0 Å². The Hall–Kier alpha value is -0.540. The fraction of sp³-hybridized carbons (Fsp3) is 0.625. The van der Waals surface area contributed by atoms with E-state index in [0.717, 1.165) is 30.8 Å². The minimum Gasteiger partial charge on any atom is -0.489 e. The number of fused-ring (bicyclic) bond motifs is 4. The van der Waals surface area contributed by atoms with Crippen LogP contribution >= 0.6 is 15.9 Å². The van der Waals surface area contributed by atoms with Gasteiger partial charge in [-0.25, -0.2) is 0 Å². The lowest BCUT2D eigenvalue weighted by atomic mass is 9.72. The molecule has 0 aromatic heterocycles. The summed E-state index contributed by atoms with van der Waals surface area (Å²) in [5.41, 5.74) is 1.76. The molecule has 1 aromatic rings. The van der Waals surface area contributed by atoms with Gasteiger partial charge in [-0.3, -0.25) is 0 Å². The van der Waals surface area contributed by atoms with Gasteiger partial charge in [-0.15, -0.1) is 0 Å². The van der Waals surface area contributed by atoms with Crippen molar-refractivity contribution >= 4 is 15.9 Å². The largest absolute Gasteiger partial charge is 0.489 e. The van der Waals surface area contributed by atoms with E-state index in [1.807, 2.05) is 0 Å². The molecule has 4 aliphatic rings. The van der Waals surface area contributed by atoms with Crippen LogP contribution in [0, 0.1) is 17.3 Å². The maximum atomic E-state index is 6.49. The van der Waals surface area contributed by atoms with Crippen LogP contribution in [0.2, 0.25) is 0 Å². The molecule has 1 saturated heterocycles. The van der Waals surface area contributed by atoms with Crippen molar-refractivity contribution in [3.8, 4) is 5.75 Å². The van der Waals surface area contributed by atoms with E-state index in [1.54, 1.807) is 0 Å². The summed E-state index contributed by atoms with van der Waals surface area (Å²) in [6.45, 7) is 1.84. The Morgan fingerprint density at radius 2 is 2.05 bits per heavy atom. The highest BCUT2D eigenvalue weighted by atomic mass is 79.9. The average molecular weight is 321 g/mol. The van der Waals surface area contributed by atoms with Crippen LogP contribution in [0.5, 0.6) is 5.75 Å². The lowest BCUT2D eigenvalue weighted by molar-refractivity contribution is -0.180. The van der Waals surface area contributed by atoms with Crippen LogP contribution in [-0.2, 0) is 4.74 Å². The Balaban J connectivity index is 1.62. The van der Waals surface area contributed by atoms with Crippen molar-refractivity contribution in [2.45, 2.75) is 31.3 Å². The highest BCUT2D eigenvalue weighted by Gasteiger charge is 2.66. The van der Waals surface area contributed by atoms with Crippen LogP contribution in [0.4, 0.5) is 0 Å². The summed E-state index contributed by atoms with van der Waals surface area (Å²) in [6, 6.07) is 6.53. The summed E-state index contributed by atoms with van der Waals surface area (Å²) < 4.78 is 13.3. The number of hydrogen-bond acceptors (Lipinski definition) is 2. The minimum absolute atomic E-state index is 0.331. The van der Waals surface area contributed by atoms with Crippen LogP contribution in [0.15, 0.2) is 22.7 Å². The zero-order valence-electron chi connectivity index (χ0n) is 10.8. The smallest absolute Gasteiger partial charge is 0.123 e.